The highest BCUT2D eigenvalue weighted by Gasteiger charge is 2.36. The molecule has 2 aliphatic rings. The standard InChI is InChI=1S/C29H28N4O6S/c1-18-15-21(19(2)33(18)22-9-7-20(8-10-22)28(36)37)16-25-27(35)32(29(38)40-25)17-26(34)30-23-5-3-4-6-24(23)31-11-13-39-14-12-31/h3-10,15-16H,11-14,17H2,1-2H3,(H,30,34)(H,36,37)/b25-16+. The van der Waals surface area contributed by atoms with Crippen LogP contribution in [-0.2, 0) is 14.3 Å². The van der Waals surface area contributed by atoms with Crippen molar-refractivity contribution in [1.29, 1.82) is 0 Å². The van der Waals surface area contributed by atoms with Gasteiger partial charge in [-0.05, 0) is 79.7 Å². The van der Waals surface area contributed by atoms with Crippen molar-refractivity contribution in [1.82, 2.24) is 9.47 Å². The fraction of sp³-hybridized carbons (Fsp3) is 0.241. The van der Waals surface area contributed by atoms with Crippen molar-refractivity contribution in [3.8, 4) is 5.69 Å². The van der Waals surface area contributed by atoms with Crippen LogP contribution < -0.4 is 10.2 Å². The van der Waals surface area contributed by atoms with Gasteiger partial charge in [0, 0.05) is 30.2 Å². The van der Waals surface area contributed by atoms with E-state index in [4.69, 9.17) is 9.84 Å². The molecule has 11 heteroatoms. The molecule has 0 unspecified atom stereocenters. The number of thioether (sulfide) groups is 1. The summed E-state index contributed by atoms with van der Waals surface area (Å²) in [6.45, 7) is 6.00. The van der Waals surface area contributed by atoms with Gasteiger partial charge in [-0.25, -0.2) is 4.79 Å². The molecule has 40 heavy (non-hydrogen) atoms. The molecular weight excluding hydrogens is 532 g/mol. The van der Waals surface area contributed by atoms with Crippen LogP contribution in [0, 0.1) is 13.8 Å². The molecule has 2 saturated heterocycles. The molecule has 0 spiro atoms. The molecule has 1 aromatic heterocycles. The fourth-order valence-corrected chi connectivity index (χ4v) is 5.68. The zero-order chi connectivity index (χ0) is 28.4. The molecule has 10 nitrogen and oxygen atoms in total. The molecule has 2 N–H and O–H groups in total. The van der Waals surface area contributed by atoms with Gasteiger partial charge in [-0.2, -0.15) is 0 Å². The summed E-state index contributed by atoms with van der Waals surface area (Å²) in [5, 5.41) is 11.5. The lowest BCUT2D eigenvalue weighted by molar-refractivity contribution is -0.127. The molecule has 3 amide bonds. The molecule has 0 radical (unpaired) electrons. The molecule has 2 aromatic carbocycles. The van der Waals surface area contributed by atoms with Gasteiger partial charge in [-0.3, -0.25) is 19.3 Å². The Morgan fingerprint density at radius 2 is 1.75 bits per heavy atom. The number of carboxylic acids is 1. The second kappa shape index (κ2) is 11.4. The molecule has 2 aliphatic heterocycles. The van der Waals surface area contributed by atoms with Crippen molar-refractivity contribution >= 4 is 52.2 Å². The first kappa shape index (κ1) is 27.2. The van der Waals surface area contributed by atoms with E-state index in [1.54, 1.807) is 24.3 Å². The maximum absolute atomic E-state index is 13.1. The van der Waals surface area contributed by atoms with Crippen molar-refractivity contribution < 1.29 is 29.0 Å². The Labute approximate surface area is 235 Å². The van der Waals surface area contributed by atoms with Crippen LogP contribution in [0.1, 0.15) is 27.3 Å². The third-order valence-electron chi connectivity index (χ3n) is 6.83. The van der Waals surface area contributed by atoms with Gasteiger partial charge in [0.25, 0.3) is 11.1 Å². The van der Waals surface area contributed by atoms with Crippen molar-refractivity contribution in [3.05, 3.63) is 82.0 Å². The topological polar surface area (TPSA) is 121 Å². The molecule has 0 aliphatic carbocycles. The first-order valence-electron chi connectivity index (χ1n) is 12.7. The summed E-state index contributed by atoms with van der Waals surface area (Å²) in [7, 11) is 0. The number of para-hydroxylation sites is 2. The summed E-state index contributed by atoms with van der Waals surface area (Å²) < 4.78 is 7.36. The lowest BCUT2D eigenvalue weighted by Gasteiger charge is -2.30. The van der Waals surface area contributed by atoms with Crippen molar-refractivity contribution in [2.75, 3.05) is 43.1 Å². The number of anilines is 2. The van der Waals surface area contributed by atoms with Gasteiger partial charge in [-0.15, -0.1) is 0 Å². The number of carboxylic acid groups (broad SMARTS) is 1. The molecule has 5 rings (SSSR count). The van der Waals surface area contributed by atoms with Crippen LogP contribution in [0.4, 0.5) is 16.2 Å². The Morgan fingerprint density at radius 1 is 1.05 bits per heavy atom. The average Bonchev–Trinajstić information content (AvgIpc) is 3.37. The van der Waals surface area contributed by atoms with E-state index in [9.17, 15) is 19.2 Å². The number of nitrogens with zero attached hydrogens (tertiary/aromatic N) is 3. The van der Waals surface area contributed by atoms with E-state index in [2.05, 4.69) is 10.2 Å². The molecule has 206 valence electrons. The van der Waals surface area contributed by atoms with Crippen molar-refractivity contribution in [2.24, 2.45) is 0 Å². The molecule has 0 bridgehead atoms. The maximum Gasteiger partial charge on any atom is 0.335 e. The maximum atomic E-state index is 13.1. The number of carbonyl (C=O) groups excluding carboxylic acids is 3. The normalized spacial score (nSPS) is 16.6. The first-order chi connectivity index (χ1) is 19.2. The second-order valence-corrected chi connectivity index (χ2v) is 10.4. The molecule has 0 atom stereocenters. The van der Waals surface area contributed by atoms with Crippen LogP contribution in [0.25, 0.3) is 11.8 Å². The van der Waals surface area contributed by atoms with E-state index >= 15 is 0 Å². The Hall–Kier alpha value is -4.35. The van der Waals surface area contributed by atoms with Crippen LogP contribution >= 0.6 is 11.8 Å². The van der Waals surface area contributed by atoms with Gasteiger partial charge in [-0.1, -0.05) is 12.1 Å². The van der Waals surface area contributed by atoms with Crippen molar-refractivity contribution in [3.63, 3.8) is 0 Å². The number of hydrogen-bond donors (Lipinski definition) is 2. The van der Waals surface area contributed by atoms with E-state index in [0.29, 0.717) is 32.0 Å². The monoisotopic (exact) mass is 560 g/mol. The largest absolute Gasteiger partial charge is 0.478 e. The summed E-state index contributed by atoms with van der Waals surface area (Å²) in [6, 6.07) is 15.8. The Balaban J connectivity index is 1.30. The number of hydrogen-bond acceptors (Lipinski definition) is 7. The van der Waals surface area contributed by atoms with E-state index < -0.39 is 29.6 Å². The molecular formula is C29H28N4O6S. The first-order valence-corrected chi connectivity index (χ1v) is 13.5. The second-order valence-electron chi connectivity index (χ2n) is 9.45. The molecule has 0 saturated carbocycles. The van der Waals surface area contributed by atoms with Crippen LogP contribution in [0.3, 0.4) is 0 Å². The minimum atomic E-state index is -1.00. The number of imide groups is 1. The Bertz CT molecular complexity index is 1520. The Morgan fingerprint density at radius 3 is 2.45 bits per heavy atom. The summed E-state index contributed by atoms with van der Waals surface area (Å²) in [6.07, 6.45) is 1.65. The zero-order valence-corrected chi connectivity index (χ0v) is 22.9. The summed E-state index contributed by atoms with van der Waals surface area (Å²) in [4.78, 5) is 53.3. The highest BCUT2D eigenvalue weighted by Crippen LogP contribution is 2.34. The Kier molecular flexibility index (Phi) is 7.76. The number of carbonyl (C=O) groups is 4. The third kappa shape index (κ3) is 5.51. The highest BCUT2D eigenvalue weighted by atomic mass is 32.2. The van der Waals surface area contributed by atoms with E-state index in [-0.39, 0.29) is 10.5 Å². The highest BCUT2D eigenvalue weighted by molar-refractivity contribution is 8.18. The molecule has 2 fully saturated rings. The number of amides is 3. The quantitative estimate of drug-likeness (QED) is 0.410. The van der Waals surface area contributed by atoms with Gasteiger partial charge in [0.15, 0.2) is 0 Å². The van der Waals surface area contributed by atoms with Crippen LogP contribution in [-0.4, -0.2) is 70.4 Å². The summed E-state index contributed by atoms with van der Waals surface area (Å²) in [5.74, 6) is -1.99. The summed E-state index contributed by atoms with van der Waals surface area (Å²) >= 11 is 0.797. The predicted octanol–water partition coefficient (Wildman–Crippen LogP) is 4.30. The predicted molar refractivity (Wildman–Crippen MR) is 153 cm³/mol. The molecule has 3 aromatic rings. The van der Waals surface area contributed by atoms with Crippen LogP contribution in [0.5, 0.6) is 0 Å². The van der Waals surface area contributed by atoms with Crippen LogP contribution in [0.2, 0.25) is 0 Å². The number of aromatic carboxylic acids is 1. The lowest BCUT2D eigenvalue weighted by atomic mass is 10.2. The average molecular weight is 561 g/mol. The smallest absolute Gasteiger partial charge is 0.335 e. The van der Waals surface area contributed by atoms with Crippen molar-refractivity contribution in [2.45, 2.75) is 13.8 Å². The fourth-order valence-electron chi connectivity index (χ4n) is 4.85. The lowest BCUT2D eigenvalue weighted by Crippen LogP contribution is -2.38. The minimum absolute atomic E-state index is 0.189. The van der Waals surface area contributed by atoms with Gasteiger partial charge >= 0.3 is 5.97 Å². The number of nitrogens with one attached hydrogen (secondary N) is 1. The van der Waals surface area contributed by atoms with Crippen LogP contribution in [0.15, 0.2) is 59.5 Å². The number of rotatable bonds is 7. The van der Waals surface area contributed by atoms with Gasteiger partial charge in [0.1, 0.15) is 6.54 Å². The number of aryl methyl sites for hydroxylation is 1. The van der Waals surface area contributed by atoms with Gasteiger partial charge in [0.2, 0.25) is 5.91 Å². The van der Waals surface area contributed by atoms with E-state index in [1.165, 1.54) is 12.1 Å². The van der Waals surface area contributed by atoms with Gasteiger partial charge < -0.3 is 24.6 Å². The van der Waals surface area contributed by atoms with E-state index in [0.717, 1.165) is 45.0 Å². The third-order valence-corrected chi connectivity index (χ3v) is 7.74. The van der Waals surface area contributed by atoms with Gasteiger partial charge in [0.05, 0.1) is 35.1 Å². The summed E-state index contributed by atoms with van der Waals surface area (Å²) in [5.41, 5.74) is 4.89. The SMILES string of the molecule is Cc1cc(/C=C2/SC(=O)N(CC(=O)Nc3ccccc3N3CCOCC3)C2=O)c(C)n1-c1ccc(C(=O)O)cc1. The minimum Gasteiger partial charge on any atom is -0.478 e. The number of benzene rings is 2. The number of ether oxygens (including phenoxy) is 1. The zero-order valence-electron chi connectivity index (χ0n) is 22.0. The number of aromatic nitrogens is 1. The number of morpholine rings is 1. The molecule has 3 heterocycles. The van der Waals surface area contributed by atoms with E-state index in [1.807, 2.05) is 42.7 Å².